The molecule has 0 atom stereocenters. The normalized spacial score (nSPS) is 10.1. The molecule has 0 aliphatic heterocycles. The van der Waals surface area contributed by atoms with Crippen molar-refractivity contribution in [2.24, 2.45) is 0 Å². The second kappa shape index (κ2) is 6.17. The van der Waals surface area contributed by atoms with E-state index in [0.29, 0.717) is 5.56 Å². The second-order valence-electron chi connectivity index (χ2n) is 4.26. The average molecular weight is 293 g/mol. The van der Waals surface area contributed by atoms with Crippen molar-refractivity contribution in [2.75, 3.05) is 12.5 Å². The van der Waals surface area contributed by atoms with Crippen molar-refractivity contribution in [3.05, 3.63) is 53.2 Å². The third-order valence-corrected chi connectivity index (χ3v) is 2.74. The van der Waals surface area contributed by atoms with Crippen LogP contribution in [-0.2, 0) is 0 Å². The quantitative estimate of drug-likeness (QED) is 0.850. The summed E-state index contributed by atoms with van der Waals surface area (Å²) in [5.74, 6) is -1.66. The van der Waals surface area contributed by atoms with E-state index in [9.17, 15) is 13.6 Å². The van der Waals surface area contributed by atoms with Crippen LogP contribution in [0.25, 0.3) is 0 Å². The highest BCUT2D eigenvalue weighted by Gasteiger charge is 2.09. The topological polar surface area (TPSA) is 63.2 Å². The summed E-state index contributed by atoms with van der Waals surface area (Å²) in [6, 6.07) is 5.10. The van der Waals surface area contributed by atoms with Crippen molar-refractivity contribution in [3.63, 3.8) is 0 Å². The van der Waals surface area contributed by atoms with E-state index in [2.05, 4.69) is 20.6 Å². The van der Waals surface area contributed by atoms with E-state index < -0.39 is 11.7 Å². The van der Waals surface area contributed by atoms with Gasteiger partial charge < -0.3 is 4.74 Å². The van der Waals surface area contributed by atoms with Crippen molar-refractivity contribution < 1.29 is 18.3 Å². The molecule has 1 amide bonds. The number of halogens is 2. The highest BCUT2D eigenvalue weighted by molar-refractivity contribution is 5.95. The molecule has 0 saturated heterocycles. The highest BCUT2D eigenvalue weighted by Crippen LogP contribution is 2.16. The van der Waals surface area contributed by atoms with Crippen LogP contribution in [0.3, 0.4) is 0 Å². The van der Waals surface area contributed by atoms with E-state index in [1.54, 1.807) is 6.92 Å². The van der Waals surface area contributed by atoms with Gasteiger partial charge in [0.25, 0.3) is 5.91 Å². The van der Waals surface area contributed by atoms with Gasteiger partial charge in [0.1, 0.15) is 5.82 Å². The zero-order valence-corrected chi connectivity index (χ0v) is 11.4. The van der Waals surface area contributed by atoms with Crippen molar-refractivity contribution >= 4 is 11.6 Å². The average Bonchev–Trinajstić information content (AvgIpc) is 2.47. The number of hydrazine groups is 1. The Labute approximate surface area is 119 Å². The molecule has 1 aromatic heterocycles. The maximum Gasteiger partial charge on any atom is 0.269 e. The molecule has 0 saturated carbocycles. The molecule has 21 heavy (non-hydrogen) atoms. The Kier molecular flexibility index (Phi) is 4.32. The number of hydrogen-bond donors (Lipinski definition) is 2. The Balaban J connectivity index is 2.03. The lowest BCUT2D eigenvalue weighted by Gasteiger charge is -2.09. The first kappa shape index (κ1) is 14.7. The van der Waals surface area contributed by atoms with Gasteiger partial charge in [-0.2, -0.15) is 0 Å². The molecule has 0 aliphatic carbocycles. The van der Waals surface area contributed by atoms with E-state index in [1.165, 1.54) is 31.5 Å². The lowest BCUT2D eigenvalue weighted by molar-refractivity contribution is 0.0962. The van der Waals surface area contributed by atoms with Gasteiger partial charge in [-0.1, -0.05) is 0 Å². The number of pyridine rings is 1. The third-order valence-electron chi connectivity index (χ3n) is 2.74. The zero-order chi connectivity index (χ0) is 15.4. The molecule has 0 fully saturated rings. The minimum atomic E-state index is -0.658. The van der Waals surface area contributed by atoms with Crippen LogP contribution in [0, 0.1) is 18.6 Å². The molecule has 5 nitrogen and oxygen atoms in total. The summed E-state index contributed by atoms with van der Waals surface area (Å²) in [4.78, 5) is 15.6. The number of rotatable bonds is 4. The van der Waals surface area contributed by atoms with E-state index in [-0.39, 0.29) is 22.9 Å². The molecular formula is C14H13F2N3O2. The van der Waals surface area contributed by atoms with Crippen molar-refractivity contribution in [2.45, 2.75) is 6.92 Å². The first-order valence-electron chi connectivity index (χ1n) is 6.03. The van der Waals surface area contributed by atoms with Gasteiger partial charge in [-0.05, 0) is 30.7 Å². The summed E-state index contributed by atoms with van der Waals surface area (Å²) in [7, 11) is 1.30. The summed E-state index contributed by atoms with van der Waals surface area (Å²) in [5.41, 5.74) is 5.78. The largest absolute Gasteiger partial charge is 0.479 e. The lowest BCUT2D eigenvalue weighted by atomic mass is 10.1. The SMILES string of the molecule is COc1ncc(NNC(=O)c2ccc(F)c(C)c2)cc1F. The van der Waals surface area contributed by atoms with Gasteiger partial charge in [0.2, 0.25) is 5.88 Å². The van der Waals surface area contributed by atoms with Crippen molar-refractivity contribution in [1.82, 2.24) is 10.4 Å². The fraction of sp³-hybridized carbons (Fsp3) is 0.143. The highest BCUT2D eigenvalue weighted by atomic mass is 19.1. The molecule has 0 spiro atoms. The number of methoxy groups -OCH3 is 1. The van der Waals surface area contributed by atoms with E-state index in [4.69, 9.17) is 0 Å². The Morgan fingerprint density at radius 2 is 2.00 bits per heavy atom. The number of aryl methyl sites for hydroxylation is 1. The van der Waals surface area contributed by atoms with Crippen molar-refractivity contribution in [3.8, 4) is 5.88 Å². The Morgan fingerprint density at radius 3 is 2.62 bits per heavy atom. The van der Waals surface area contributed by atoms with Crippen molar-refractivity contribution in [1.29, 1.82) is 0 Å². The standard InChI is InChI=1S/C14H13F2N3O2/c1-8-5-9(3-4-11(8)15)13(20)19-18-10-6-12(16)14(21-2)17-7-10/h3-7,18H,1-2H3,(H,19,20). The van der Waals surface area contributed by atoms with Gasteiger partial charge in [-0.15, -0.1) is 0 Å². The fourth-order valence-corrected chi connectivity index (χ4v) is 1.63. The number of aromatic nitrogens is 1. The molecular weight excluding hydrogens is 280 g/mol. The smallest absolute Gasteiger partial charge is 0.269 e. The number of benzene rings is 1. The number of anilines is 1. The van der Waals surface area contributed by atoms with Gasteiger partial charge in [-0.25, -0.2) is 13.8 Å². The fourth-order valence-electron chi connectivity index (χ4n) is 1.63. The summed E-state index contributed by atoms with van der Waals surface area (Å²) < 4.78 is 31.2. The van der Waals surface area contributed by atoms with E-state index >= 15 is 0 Å². The molecule has 2 aromatic rings. The van der Waals surface area contributed by atoms with Gasteiger partial charge in [-0.3, -0.25) is 15.6 Å². The molecule has 2 rings (SSSR count). The van der Waals surface area contributed by atoms with Crippen LogP contribution in [0.5, 0.6) is 5.88 Å². The Hall–Kier alpha value is -2.70. The number of nitrogens with one attached hydrogen (secondary N) is 2. The molecule has 1 heterocycles. The number of hydrogen-bond acceptors (Lipinski definition) is 4. The Bertz CT molecular complexity index is 677. The minimum Gasteiger partial charge on any atom is -0.479 e. The van der Waals surface area contributed by atoms with Crippen LogP contribution >= 0.6 is 0 Å². The van der Waals surface area contributed by atoms with Crippen LogP contribution in [0.2, 0.25) is 0 Å². The first-order valence-corrected chi connectivity index (χ1v) is 6.03. The number of nitrogens with zero attached hydrogens (tertiary/aromatic N) is 1. The summed E-state index contributed by atoms with van der Waals surface area (Å²) in [6.07, 6.45) is 1.30. The van der Waals surface area contributed by atoms with Gasteiger partial charge in [0, 0.05) is 11.6 Å². The van der Waals surface area contributed by atoms with Gasteiger partial charge in [0.15, 0.2) is 5.82 Å². The molecule has 1 aromatic carbocycles. The van der Waals surface area contributed by atoms with Crippen LogP contribution in [-0.4, -0.2) is 18.0 Å². The number of amides is 1. The molecule has 0 radical (unpaired) electrons. The lowest BCUT2D eigenvalue weighted by Crippen LogP contribution is -2.29. The molecule has 2 N–H and O–H groups in total. The second-order valence-corrected chi connectivity index (χ2v) is 4.26. The van der Waals surface area contributed by atoms with E-state index in [1.807, 2.05) is 0 Å². The maximum atomic E-state index is 13.4. The molecule has 0 unspecified atom stereocenters. The number of carbonyl (C=O) groups is 1. The third kappa shape index (κ3) is 3.44. The predicted molar refractivity (Wildman–Crippen MR) is 73.0 cm³/mol. The molecule has 0 aliphatic rings. The maximum absolute atomic E-state index is 13.4. The number of carbonyl (C=O) groups excluding carboxylic acids is 1. The monoisotopic (exact) mass is 293 g/mol. The summed E-state index contributed by atoms with van der Waals surface area (Å²) >= 11 is 0. The predicted octanol–water partition coefficient (Wildman–Crippen LogP) is 2.43. The Morgan fingerprint density at radius 1 is 1.24 bits per heavy atom. The van der Waals surface area contributed by atoms with Gasteiger partial charge in [0.05, 0.1) is 19.0 Å². The van der Waals surface area contributed by atoms with E-state index in [0.717, 1.165) is 6.07 Å². The van der Waals surface area contributed by atoms with Crippen LogP contribution in [0.1, 0.15) is 15.9 Å². The molecule has 7 heteroatoms. The van der Waals surface area contributed by atoms with Crippen LogP contribution in [0.4, 0.5) is 14.5 Å². The summed E-state index contributed by atoms with van der Waals surface area (Å²) in [6.45, 7) is 1.56. The minimum absolute atomic E-state index is 0.138. The molecule has 110 valence electrons. The zero-order valence-electron chi connectivity index (χ0n) is 11.4. The molecule has 0 bridgehead atoms. The van der Waals surface area contributed by atoms with Crippen LogP contribution < -0.4 is 15.6 Å². The van der Waals surface area contributed by atoms with Gasteiger partial charge >= 0.3 is 0 Å². The number of ether oxygens (including phenoxy) is 1. The van der Waals surface area contributed by atoms with Crippen LogP contribution in [0.15, 0.2) is 30.5 Å². The summed E-state index contributed by atoms with van der Waals surface area (Å²) in [5, 5.41) is 0. The first-order chi connectivity index (χ1) is 10.0.